The van der Waals surface area contributed by atoms with Gasteiger partial charge in [-0.25, -0.2) is 13.8 Å². The maximum Gasteiger partial charge on any atom is 0.226 e. The van der Waals surface area contributed by atoms with E-state index in [-0.39, 0.29) is 0 Å². The van der Waals surface area contributed by atoms with Crippen molar-refractivity contribution in [2.24, 2.45) is 0 Å². The van der Waals surface area contributed by atoms with E-state index in [2.05, 4.69) is 15.3 Å². The molecule has 0 saturated heterocycles. The van der Waals surface area contributed by atoms with Crippen LogP contribution in [0.2, 0.25) is 0 Å². The van der Waals surface area contributed by atoms with Crippen LogP contribution in [0.5, 0.6) is 5.88 Å². The summed E-state index contributed by atoms with van der Waals surface area (Å²) in [6.07, 6.45) is 0.890. The Balaban J connectivity index is 2.05. The number of nitrogens with zero attached hydrogens (tertiary/aromatic N) is 2. The van der Waals surface area contributed by atoms with E-state index in [9.17, 15) is 8.78 Å². The number of ether oxygens (including phenoxy) is 1. The van der Waals surface area contributed by atoms with Gasteiger partial charge >= 0.3 is 0 Å². The van der Waals surface area contributed by atoms with E-state index in [4.69, 9.17) is 4.74 Å². The maximum atomic E-state index is 13.1. The standard InChI is InChI=1S/C15H17F2N3O/c1-3-6-21-14-7-10(2)19-15(20-14)18-9-11-4-5-12(16)13(17)8-11/h4-5,7-8H,3,6,9H2,1-2H3,(H,18,19,20). The van der Waals surface area contributed by atoms with Gasteiger partial charge in [-0.2, -0.15) is 4.98 Å². The first-order chi connectivity index (χ1) is 10.1. The minimum Gasteiger partial charge on any atom is -0.478 e. The molecule has 2 aromatic rings. The molecule has 0 radical (unpaired) electrons. The molecule has 1 aromatic heterocycles. The summed E-state index contributed by atoms with van der Waals surface area (Å²) < 4.78 is 31.4. The average molecular weight is 293 g/mol. The summed E-state index contributed by atoms with van der Waals surface area (Å²) in [7, 11) is 0. The molecule has 1 heterocycles. The molecule has 0 amide bonds. The fourth-order valence-electron chi connectivity index (χ4n) is 1.73. The third-order valence-electron chi connectivity index (χ3n) is 2.72. The van der Waals surface area contributed by atoms with Crippen LogP contribution in [0.25, 0.3) is 0 Å². The Kier molecular flexibility index (Phi) is 5.03. The van der Waals surface area contributed by atoms with E-state index >= 15 is 0 Å². The second-order valence-electron chi connectivity index (χ2n) is 4.62. The lowest BCUT2D eigenvalue weighted by atomic mass is 10.2. The predicted molar refractivity (Wildman–Crippen MR) is 76.2 cm³/mol. The van der Waals surface area contributed by atoms with Crippen molar-refractivity contribution < 1.29 is 13.5 Å². The predicted octanol–water partition coefficient (Wildman–Crippen LogP) is 3.46. The number of rotatable bonds is 6. The third kappa shape index (κ3) is 4.37. The van der Waals surface area contributed by atoms with Gasteiger partial charge in [-0.3, -0.25) is 0 Å². The maximum absolute atomic E-state index is 13.1. The lowest BCUT2D eigenvalue weighted by Gasteiger charge is -2.09. The summed E-state index contributed by atoms with van der Waals surface area (Å²) >= 11 is 0. The first kappa shape index (κ1) is 15.2. The van der Waals surface area contributed by atoms with Crippen molar-refractivity contribution in [3.63, 3.8) is 0 Å². The highest BCUT2D eigenvalue weighted by Crippen LogP contribution is 2.14. The molecule has 2 rings (SSSR count). The largest absolute Gasteiger partial charge is 0.478 e. The van der Waals surface area contributed by atoms with Gasteiger partial charge in [-0.1, -0.05) is 13.0 Å². The number of halogens is 2. The smallest absolute Gasteiger partial charge is 0.226 e. The molecule has 0 spiro atoms. The van der Waals surface area contributed by atoms with E-state index in [0.29, 0.717) is 30.5 Å². The SMILES string of the molecule is CCCOc1cc(C)nc(NCc2ccc(F)c(F)c2)n1. The highest BCUT2D eigenvalue weighted by molar-refractivity contribution is 5.32. The van der Waals surface area contributed by atoms with Crippen LogP contribution in [0.4, 0.5) is 14.7 Å². The Morgan fingerprint density at radius 1 is 1.14 bits per heavy atom. The molecular formula is C15H17F2N3O. The first-order valence-corrected chi connectivity index (χ1v) is 6.74. The monoisotopic (exact) mass is 293 g/mol. The normalized spacial score (nSPS) is 10.5. The molecular weight excluding hydrogens is 276 g/mol. The van der Waals surface area contributed by atoms with Gasteiger partial charge in [0.1, 0.15) is 0 Å². The number of hydrogen-bond acceptors (Lipinski definition) is 4. The molecule has 0 fully saturated rings. The van der Waals surface area contributed by atoms with Crippen molar-refractivity contribution >= 4 is 5.95 Å². The van der Waals surface area contributed by atoms with Gasteiger partial charge in [0.25, 0.3) is 0 Å². The Hall–Kier alpha value is -2.24. The molecule has 1 aromatic carbocycles. The zero-order valence-corrected chi connectivity index (χ0v) is 12.0. The zero-order valence-electron chi connectivity index (χ0n) is 12.0. The molecule has 0 unspecified atom stereocenters. The minimum atomic E-state index is -0.869. The van der Waals surface area contributed by atoms with Crippen LogP contribution in [0.1, 0.15) is 24.6 Å². The van der Waals surface area contributed by atoms with E-state index < -0.39 is 11.6 Å². The van der Waals surface area contributed by atoms with E-state index in [1.54, 1.807) is 6.07 Å². The van der Waals surface area contributed by atoms with Crippen LogP contribution >= 0.6 is 0 Å². The van der Waals surface area contributed by atoms with Crippen molar-refractivity contribution in [3.05, 3.63) is 47.2 Å². The van der Waals surface area contributed by atoms with Gasteiger partial charge in [-0.05, 0) is 31.0 Å². The second-order valence-corrected chi connectivity index (χ2v) is 4.62. The topological polar surface area (TPSA) is 47.0 Å². The van der Waals surface area contributed by atoms with Crippen molar-refractivity contribution in [1.82, 2.24) is 9.97 Å². The number of anilines is 1. The zero-order chi connectivity index (χ0) is 15.2. The van der Waals surface area contributed by atoms with Gasteiger partial charge in [0.15, 0.2) is 11.6 Å². The summed E-state index contributed by atoms with van der Waals surface area (Å²) in [5, 5.41) is 2.97. The Morgan fingerprint density at radius 2 is 1.95 bits per heavy atom. The lowest BCUT2D eigenvalue weighted by molar-refractivity contribution is 0.305. The summed E-state index contributed by atoms with van der Waals surface area (Å²) in [5.74, 6) is -0.838. The average Bonchev–Trinajstić information content (AvgIpc) is 2.46. The van der Waals surface area contributed by atoms with Crippen LogP contribution in [-0.4, -0.2) is 16.6 Å². The highest BCUT2D eigenvalue weighted by Gasteiger charge is 2.05. The van der Waals surface area contributed by atoms with E-state index in [1.165, 1.54) is 6.07 Å². The summed E-state index contributed by atoms with van der Waals surface area (Å²) in [6.45, 7) is 4.73. The van der Waals surface area contributed by atoms with Crippen LogP contribution in [0, 0.1) is 18.6 Å². The molecule has 0 aliphatic rings. The molecule has 0 bridgehead atoms. The van der Waals surface area contributed by atoms with Crippen LogP contribution in [0.3, 0.4) is 0 Å². The summed E-state index contributed by atoms with van der Waals surface area (Å²) in [4.78, 5) is 8.44. The Labute approximate surface area is 122 Å². The van der Waals surface area contributed by atoms with Gasteiger partial charge in [0, 0.05) is 18.3 Å². The van der Waals surface area contributed by atoms with Crippen molar-refractivity contribution in [2.75, 3.05) is 11.9 Å². The number of aryl methyl sites for hydroxylation is 1. The molecule has 4 nitrogen and oxygen atoms in total. The molecule has 21 heavy (non-hydrogen) atoms. The van der Waals surface area contributed by atoms with Gasteiger partial charge in [0.05, 0.1) is 6.61 Å². The number of nitrogens with one attached hydrogen (secondary N) is 1. The quantitative estimate of drug-likeness (QED) is 0.886. The van der Waals surface area contributed by atoms with Gasteiger partial charge in [-0.15, -0.1) is 0 Å². The van der Waals surface area contributed by atoms with Crippen LogP contribution in [0.15, 0.2) is 24.3 Å². The van der Waals surface area contributed by atoms with Crippen molar-refractivity contribution in [1.29, 1.82) is 0 Å². The molecule has 6 heteroatoms. The van der Waals surface area contributed by atoms with Crippen molar-refractivity contribution in [3.8, 4) is 5.88 Å². The van der Waals surface area contributed by atoms with Crippen LogP contribution < -0.4 is 10.1 Å². The number of hydrogen-bond donors (Lipinski definition) is 1. The van der Waals surface area contributed by atoms with E-state index in [0.717, 1.165) is 24.2 Å². The molecule has 112 valence electrons. The molecule has 0 saturated carbocycles. The minimum absolute atomic E-state index is 0.299. The van der Waals surface area contributed by atoms with Crippen molar-refractivity contribution in [2.45, 2.75) is 26.8 Å². The molecule has 0 aliphatic carbocycles. The van der Waals surface area contributed by atoms with Gasteiger partial charge < -0.3 is 10.1 Å². The molecule has 0 aliphatic heterocycles. The summed E-state index contributed by atoms with van der Waals surface area (Å²) in [5.41, 5.74) is 1.37. The molecule has 0 atom stereocenters. The van der Waals surface area contributed by atoms with E-state index in [1.807, 2.05) is 13.8 Å². The summed E-state index contributed by atoms with van der Waals surface area (Å²) in [6, 6.07) is 5.50. The second kappa shape index (κ2) is 6.97. The fraction of sp³-hybridized carbons (Fsp3) is 0.333. The number of aromatic nitrogens is 2. The highest BCUT2D eigenvalue weighted by atomic mass is 19.2. The molecule has 1 N–H and O–H groups in total. The van der Waals surface area contributed by atoms with Gasteiger partial charge in [0.2, 0.25) is 11.8 Å². The fourth-order valence-corrected chi connectivity index (χ4v) is 1.73. The van der Waals surface area contributed by atoms with Crippen LogP contribution in [-0.2, 0) is 6.54 Å². The first-order valence-electron chi connectivity index (χ1n) is 6.74. The Bertz CT molecular complexity index is 620. The third-order valence-corrected chi connectivity index (χ3v) is 2.72. The Morgan fingerprint density at radius 3 is 2.67 bits per heavy atom. The number of benzene rings is 1. The lowest BCUT2D eigenvalue weighted by Crippen LogP contribution is -2.07.